The van der Waals surface area contributed by atoms with Crippen molar-refractivity contribution in [1.29, 1.82) is 0 Å². The average molecular weight is 270 g/mol. The van der Waals surface area contributed by atoms with Gasteiger partial charge in [0, 0.05) is 51.3 Å². The molecule has 0 unspecified atom stereocenters. The third-order valence-corrected chi connectivity index (χ3v) is 3.46. The number of nitrogens with two attached hydrogens (primary N) is 1. The molecule has 0 radical (unpaired) electrons. The summed E-state index contributed by atoms with van der Waals surface area (Å²) >= 11 is 0. The maximum atomic E-state index is 5.71. The molecule has 1 aliphatic rings. The Morgan fingerprint density at radius 2 is 1.75 bits per heavy atom. The second kappa shape index (κ2) is 5.83. The van der Waals surface area contributed by atoms with Crippen molar-refractivity contribution >= 4 is 11.8 Å². The van der Waals surface area contributed by atoms with Gasteiger partial charge in [0.2, 0.25) is 5.95 Å². The largest absolute Gasteiger partial charge is 0.384 e. The molecule has 6 nitrogen and oxygen atoms in total. The van der Waals surface area contributed by atoms with Gasteiger partial charge in [-0.1, -0.05) is 0 Å². The zero-order valence-corrected chi connectivity index (χ0v) is 11.3. The van der Waals surface area contributed by atoms with Crippen LogP contribution in [0.15, 0.2) is 36.8 Å². The van der Waals surface area contributed by atoms with E-state index in [1.54, 1.807) is 18.6 Å². The Bertz CT molecular complexity index is 551. The highest BCUT2D eigenvalue weighted by Crippen LogP contribution is 2.13. The number of nitrogen functional groups attached to an aromatic ring is 1. The number of anilines is 2. The Morgan fingerprint density at radius 3 is 2.45 bits per heavy atom. The second-order valence-electron chi connectivity index (χ2n) is 4.90. The molecule has 20 heavy (non-hydrogen) atoms. The fourth-order valence-corrected chi connectivity index (χ4v) is 2.41. The highest BCUT2D eigenvalue weighted by atomic mass is 15.3. The normalized spacial score (nSPS) is 16.3. The monoisotopic (exact) mass is 270 g/mol. The third kappa shape index (κ3) is 3.03. The number of nitrogens with zero attached hydrogens (tertiary/aromatic N) is 5. The van der Waals surface area contributed by atoms with Crippen molar-refractivity contribution in [3.63, 3.8) is 0 Å². The average Bonchev–Trinajstić information content (AvgIpc) is 2.49. The predicted molar refractivity (Wildman–Crippen MR) is 78.2 cm³/mol. The van der Waals surface area contributed by atoms with Crippen LogP contribution in [0.3, 0.4) is 0 Å². The molecule has 0 spiro atoms. The lowest BCUT2D eigenvalue weighted by atomic mass is 10.2. The first-order chi connectivity index (χ1) is 9.81. The zero-order valence-electron chi connectivity index (χ0n) is 11.3. The Morgan fingerprint density at radius 1 is 1.00 bits per heavy atom. The van der Waals surface area contributed by atoms with E-state index in [1.807, 2.05) is 18.2 Å². The van der Waals surface area contributed by atoms with Gasteiger partial charge in [0.15, 0.2) is 0 Å². The number of aromatic nitrogens is 3. The lowest BCUT2D eigenvalue weighted by Crippen LogP contribution is -2.46. The van der Waals surface area contributed by atoms with E-state index < -0.39 is 0 Å². The van der Waals surface area contributed by atoms with Gasteiger partial charge in [0.25, 0.3) is 0 Å². The molecular formula is C14H18N6. The molecule has 3 rings (SSSR count). The molecule has 1 saturated heterocycles. The summed E-state index contributed by atoms with van der Waals surface area (Å²) in [7, 11) is 0. The fraction of sp³-hybridized carbons (Fsp3) is 0.357. The van der Waals surface area contributed by atoms with Gasteiger partial charge in [0.05, 0.1) is 0 Å². The topological polar surface area (TPSA) is 71.2 Å². The molecule has 0 aromatic carbocycles. The molecular weight excluding hydrogens is 252 g/mol. The van der Waals surface area contributed by atoms with Crippen LogP contribution in [0.2, 0.25) is 0 Å². The summed E-state index contributed by atoms with van der Waals surface area (Å²) in [6.45, 7) is 4.81. The summed E-state index contributed by atoms with van der Waals surface area (Å²) < 4.78 is 0. The molecule has 0 bridgehead atoms. The van der Waals surface area contributed by atoms with Gasteiger partial charge in [-0.05, 0) is 23.8 Å². The molecule has 1 aliphatic heterocycles. The summed E-state index contributed by atoms with van der Waals surface area (Å²) in [4.78, 5) is 17.2. The summed E-state index contributed by atoms with van der Waals surface area (Å²) in [5.41, 5.74) is 6.92. The van der Waals surface area contributed by atoms with Crippen molar-refractivity contribution in [2.24, 2.45) is 0 Å². The van der Waals surface area contributed by atoms with Crippen LogP contribution in [0.4, 0.5) is 11.8 Å². The Balaban J connectivity index is 1.56. The van der Waals surface area contributed by atoms with Crippen molar-refractivity contribution in [3.05, 3.63) is 42.4 Å². The Kier molecular flexibility index (Phi) is 3.73. The van der Waals surface area contributed by atoms with E-state index in [2.05, 4.69) is 24.8 Å². The summed E-state index contributed by atoms with van der Waals surface area (Å²) in [6, 6.07) is 5.79. The van der Waals surface area contributed by atoms with Gasteiger partial charge in [0.1, 0.15) is 5.82 Å². The van der Waals surface area contributed by atoms with Crippen molar-refractivity contribution in [2.75, 3.05) is 36.8 Å². The van der Waals surface area contributed by atoms with Crippen molar-refractivity contribution < 1.29 is 0 Å². The maximum Gasteiger partial charge on any atom is 0.225 e. The minimum absolute atomic E-state index is 0.582. The second-order valence-corrected chi connectivity index (χ2v) is 4.90. The predicted octanol–water partition coefficient (Wildman–Crippen LogP) is 0.776. The van der Waals surface area contributed by atoms with Crippen LogP contribution >= 0.6 is 0 Å². The number of piperazine rings is 1. The van der Waals surface area contributed by atoms with Crippen LogP contribution in [-0.4, -0.2) is 46.0 Å². The van der Waals surface area contributed by atoms with Gasteiger partial charge in [-0.15, -0.1) is 0 Å². The van der Waals surface area contributed by atoms with Crippen LogP contribution in [0.1, 0.15) is 5.56 Å². The van der Waals surface area contributed by atoms with E-state index in [4.69, 9.17) is 5.73 Å². The van der Waals surface area contributed by atoms with Crippen LogP contribution in [0.5, 0.6) is 0 Å². The van der Waals surface area contributed by atoms with Crippen LogP contribution in [0, 0.1) is 0 Å². The van der Waals surface area contributed by atoms with Crippen LogP contribution < -0.4 is 10.6 Å². The minimum atomic E-state index is 0.582. The number of pyridine rings is 1. The number of hydrogen-bond acceptors (Lipinski definition) is 6. The van der Waals surface area contributed by atoms with Crippen molar-refractivity contribution in [3.8, 4) is 0 Å². The molecule has 2 N–H and O–H groups in total. The van der Waals surface area contributed by atoms with Crippen molar-refractivity contribution in [1.82, 2.24) is 19.9 Å². The van der Waals surface area contributed by atoms with E-state index in [0.717, 1.165) is 38.7 Å². The summed E-state index contributed by atoms with van der Waals surface area (Å²) in [5, 5.41) is 0. The van der Waals surface area contributed by atoms with Gasteiger partial charge in [-0.25, -0.2) is 15.0 Å². The van der Waals surface area contributed by atoms with E-state index >= 15 is 0 Å². The molecule has 0 atom stereocenters. The van der Waals surface area contributed by atoms with Gasteiger partial charge >= 0.3 is 0 Å². The lowest BCUT2D eigenvalue weighted by molar-refractivity contribution is 0.248. The zero-order chi connectivity index (χ0) is 13.8. The molecule has 0 saturated carbocycles. The quantitative estimate of drug-likeness (QED) is 0.888. The number of hydrogen-bond donors (Lipinski definition) is 1. The first-order valence-corrected chi connectivity index (χ1v) is 6.76. The summed E-state index contributed by atoms with van der Waals surface area (Å²) in [6.07, 6.45) is 5.33. The fourth-order valence-electron chi connectivity index (χ4n) is 2.41. The molecule has 2 aromatic heterocycles. The molecule has 3 heterocycles. The van der Waals surface area contributed by atoms with Gasteiger partial charge < -0.3 is 10.6 Å². The maximum absolute atomic E-state index is 5.71. The Hall–Kier alpha value is -2.21. The molecule has 6 heteroatoms. The first-order valence-electron chi connectivity index (χ1n) is 6.76. The van der Waals surface area contributed by atoms with Crippen molar-refractivity contribution in [2.45, 2.75) is 6.54 Å². The van der Waals surface area contributed by atoms with E-state index in [1.165, 1.54) is 5.56 Å². The minimum Gasteiger partial charge on any atom is -0.384 e. The third-order valence-electron chi connectivity index (χ3n) is 3.46. The number of rotatable bonds is 3. The molecule has 1 fully saturated rings. The van der Waals surface area contributed by atoms with E-state index in [-0.39, 0.29) is 0 Å². The van der Waals surface area contributed by atoms with Gasteiger partial charge in [-0.3, -0.25) is 4.90 Å². The van der Waals surface area contributed by atoms with Gasteiger partial charge in [-0.2, -0.15) is 0 Å². The SMILES string of the molecule is Nc1cc(CN2CCN(c3ncccn3)CC2)ccn1. The van der Waals surface area contributed by atoms with Crippen LogP contribution in [-0.2, 0) is 6.54 Å². The lowest BCUT2D eigenvalue weighted by Gasteiger charge is -2.34. The highest BCUT2D eigenvalue weighted by molar-refractivity contribution is 5.32. The smallest absolute Gasteiger partial charge is 0.225 e. The molecule has 104 valence electrons. The summed E-state index contributed by atoms with van der Waals surface area (Å²) in [5.74, 6) is 1.40. The first kappa shape index (κ1) is 12.8. The molecule has 0 aliphatic carbocycles. The molecule has 0 amide bonds. The highest BCUT2D eigenvalue weighted by Gasteiger charge is 2.18. The standard InChI is InChI=1S/C14H18N6/c15-13-10-12(2-5-16-13)11-19-6-8-20(9-7-19)14-17-3-1-4-18-14/h1-5,10H,6-9,11H2,(H2,15,16). The van der Waals surface area contributed by atoms with E-state index in [9.17, 15) is 0 Å². The van der Waals surface area contributed by atoms with Crippen LogP contribution in [0.25, 0.3) is 0 Å². The van der Waals surface area contributed by atoms with E-state index in [0.29, 0.717) is 5.82 Å². The Labute approximate surface area is 118 Å². The molecule has 2 aromatic rings.